The average Bonchev–Trinajstić information content (AvgIpc) is 3.16. The molecule has 1 N–H and O–H groups in total. The molecule has 166 valence electrons. The Morgan fingerprint density at radius 1 is 1.13 bits per heavy atom. The van der Waals surface area contributed by atoms with Crippen molar-refractivity contribution in [2.24, 2.45) is 11.8 Å². The number of likely N-dealkylation sites (tertiary alicyclic amines) is 1. The fourth-order valence-corrected chi connectivity index (χ4v) is 5.11. The van der Waals surface area contributed by atoms with Crippen molar-refractivity contribution < 1.29 is 9.59 Å². The quantitative estimate of drug-likeness (QED) is 0.815. The molecule has 8 nitrogen and oxygen atoms in total. The average molecular weight is 426 g/mol. The highest BCUT2D eigenvalue weighted by atomic mass is 16.2. The van der Waals surface area contributed by atoms with Gasteiger partial charge in [0.2, 0.25) is 11.8 Å². The van der Waals surface area contributed by atoms with Crippen molar-refractivity contribution in [3.05, 3.63) is 33.4 Å². The van der Waals surface area contributed by atoms with Gasteiger partial charge in [0.1, 0.15) is 0 Å². The molecule has 5 rings (SSSR count). The molecule has 0 unspecified atom stereocenters. The van der Waals surface area contributed by atoms with Crippen LogP contribution in [0, 0.1) is 11.8 Å². The number of aromatic amines is 1. The van der Waals surface area contributed by atoms with Crippen molar-refractivity contribution in [3.63, 3.8) is 0 Å². The van der Waals surface area contributed by atoms with Crippen LogP contribution in [0.5, 0.6) is 0 Å². The molecule has 1 aliphatic carbocycles. The van der Waals surface area contributed by atoms with E-state index in [1.165, 1.54) is 4.52 Å². The Hall–Kier alpha value is -2.64. The lowest BCUT2D eigenvalue weighted by Crippen LogP contribution is -2.44. The van der Waals surface area contributed by atoms with Gasteiger partial charge < -0.3 is 9.80 Å². The molecule has 3 aliphatic rings. The van der Waals surface area contributed by atoms with Gasteiger partial charge in [-0.15, -0.1) is 0 Å². The summed E-state index contributed by atoms with van der Waals surface area (Å²) in [4.78, 5) is 46.8. The first-order valence-electron chi connectivity index (χ1n) is 11.6. The number of carbonyl (C=O) groups excluding carboxylic acids is 2. The largest absolute Gasteiger partial charge is 0.342 e. The molecular formula is C23H31N5O3. The number of hydrogen-bond acceptors (Lipinski definition) is 4. The number of H-pyrrole nitrogens is 1. The summed E-state index contributed by atoms with van der Waals surface area (Å²) in [6.07, 6.45) is 5.78. The number of fused-ring (bicyclic) bond motifs is 2. The number of hydrogen-bond donors (Lipinski definition) is 1. The predicted molar refractivity (Wildman–Crippen MR) is 116 cm³/mol. The minimum atomic E-state index is -0.120. The first-order valence-corrected chi connectivity index (χ1v) is 11.6. The minimum Gasteiger partial charge on any atom is -0.342 e. The zero-order chi connectivity index (χ0) is 21.7. The van der Waals surface area contributed by atoms with Gasteiger partial charge in [-0.3, -0.25) is 19.5 Å². The van der Waals surface area contributed by atoms with E-state index in [-0.39, 0.29) is 29.2 Å². The van der Waals surface area contributed by atoms with Crippen molar-refractivity contribution in [3.8, 4) is 0 Å². The number of nitrogens with one attached hydrogen (secondary N) is 1. The molecule has 31 heavy (non-hydrogen) atoms. The van der Waals surface area contributed by atoms with Gasteiger partial charge in [-0.2, -0.15) is 0 Å². The SMILES string of the molecule is CC(C)C(=O)N1CCc2nc3cc([C@@H]4CCCN(C(=O)C5CCC5)C4)[nH]n3c(=O)c2C1. The van der Waals surface area contributed by atoms with Crippen LogP contribution in [0.2, 0.25) is 0 Å². The van der Waals surface area contributed by atoms with Gasteiger partial charge in [0, 0.05) is 55.6 Å². The van der Waals surface area contributed by atoms with E-state index in [1.807, 2.05) is 24.8 Å². The fraction of sp³-hybridized carbons (Fsp3) is 0.652. The third kappa shape index (κ3) is 3.55. The zero-order valence-corrected chi connectivity index (χ0v) is 18.4. The van der Waals surface area contributed by atoms with Gasteiger partial charge in [0.25, 0.3) is 5.56 Å². The molecule has 0 radical (unpaired) electrons. The van der Waals surface area contributed by atoms with Crippen LogP contribution in [-0.2, 0) is 22.6 Å². The summed E-state index contributed by atoms with van der Waals surface area (Å²) in [7, 11) is 0. The molecule has 4 heterocycles. The molecular weight excluding hydrogens is 394 g/mol. The number of piperidine rings is 1. The van der Waals surface area contributed by atoms with Crippen molar-refractivity contribution in [2.75, 3.05) is 19.6 Å². The van der Waals surface area contributed by atoms with Crippen LogP contribution >= 0.6 is 0 Å². The van der Waals surface area contributed by atoms with E-state index in [0.717, 1.165) is 50.0 Å². The first kappa shape index (κ1) is 20.3. The molecule has 2 aliphatic heterocycles. The molecule has 2 fully saturated rings. The number of amides is 2. The van der Waals surface area contributed by atoms with Crippen molar-refractivity contribution in [1.29, 1.82) is 0 Å². The topological polar surface area (TPSA) is 90.8 Å². The van der Waals surface area contributed by atoms with Crippen molar-refractivity contribution in [1.82, 2.24) is 24.4 Å². The summed E-state index contributed by atoms with van der Waals surface area (Å²) in [5, 5.41) is 3.27. The van der Waals surface area contributed by atoms with E-state index in [0.29, 0.717) is 43.2 Å². The Morgan fingerprint density at radius 2 is 1.94 bits per heavy atom. The predicted octanol–water partition coefficient (Wildman–Crippen LogP) is 2.07. The van der Waals surface area contributed by atoms with Crippen LogP contribution in [-0.4, -0.2) is 55.8 Å². The van der Waals surface area contributed by atoms with Crippen LogP contribution in [0.1, 0.15) is 68.8 Å². The highest BCUT2D eigenvalue weighted by Gasteiger charge is 2.33. The van der Waals surface area contributed by atoms with E-state index in [1.54, 1.807) is 4.90 Å². The van der Waals surface area contributed by atoms with Gasteiger partial charge >= 0.3 is 0 Å². The second-order valence-electron chi connectivity index (χ2n) is 9.66. The Morgan fingerprint density at radius 3 is 2.65 bits per heavy atom. The Labute approximate surface area is 181 Å². The van der Waals surface area contributed by atoms with Crippen LogP contribution in [0.15, 0.2) is 10.9 Å². The van der Waals surface area contributed by atoms with Gasteiger partial charge in [-0.1, -0.05) is 20.3 Å². The lowest BCUT2D eigenvalue weighted by molar-refractivity contribution is -0.139. The Bertz CT molecular complexity index is 1080. The van der Waals surface area contributed by atoms with E-state index in [4.69, 9.17) is 4.98 Å². The lowest BCUT2D eigenvalue weighted by Gasteiger charge is -2.37. The van der Waals surface area contributed by atoms with E-state index >= 15 is 0 Å². The molecule has 0 aromatic carbocycles. The third-order valence-corrected chi connectivity index (χ3v) is 7.21. The zero-order valence-electron chi connectivity index (χ0n) is 18.4. The first-order chi connectivity index (χ1) is 14.9. The summed E-state index contributed by atoms with van der Waals surface area (Å²) in [5.74, 6) is 0.687. The number of aromatic nitrogens is 3. The van der Waals surface area contributed by atoms with Gasteiger partial charge in [-0.25, -0.2) is 9.50 Å². The maximum Gasteiger partial charge on any atom is 0.277 e. The highest BCUT2D eigenvalue weighted by molar-refractivity contribution is 5.80. The fourth-order valence-electron chi connectivity index (χ4n) is 5.11. The second-order valence-corrected chi connectivity index (χ2v) is 9.66. The van der Waals surface area contributed by atoms with E-state index in [9.17, 15) is 14.4 Å². The number of carbonyl (C=O) groups is 2. The second kappa shape index (κ2) is 7.80. The van der Waals surface area contributed by atoms with Crippen LogP contribution in [0.25, 0.3) is 5.65 Å². The number of rotatable bonds is 3. The summed E-state index contributed by atoms with van der Waals surface area (Å²) in [6.45, 7) is 6.22. The van der Waals surface area contributed by atoms with Gasteiger partial charge in [0.05, 0.1) is 17.8 Å². The van der Waals surface area contributed by atoms with E-state index < -0.39 is 0 Å². The number of nitrogens with zero attached hydrogens (tertiary/aromatic N) is 4. The Kier molecular flexibility index (Phi) is 5.10. The highest BCUT2D eigenvalue weighted by Crippen LogP contribution is 2.32. The van der Waals surface area contributed by atoms with Crippen LogP contribution in [0.4, 0.5) is 0 Å². The monoisotopic (exact) mass is 425 g/mol. The minimum absolute atomic E-state index is 0.0701. The molecule has 2 aromatic rings. The third-order valence-electron chi connectivity index (χ3n) is 7.21. The molecule has 0 bridgehead atoms. The van der Waals surface area contributed by atoms with Crippen molar-refractivity contribution in [2.45, 2.75) is 64.8 Å². The molecule has 8 heteroatoms. The van der Waals surface area contributed by atoms with Crippen molar-refractivity contribution >= 4 is 17.5 Å². The summed E-state index contributed by atoms with van der Waals surface area (Å²) in [5.41, 5.74) is 2.88. The normalized spacial score (nSPS) is 22.0. The smallest absolute Gasteiger partial charge is 0.277 e. The van der Waals surface area contributed by atoms with Crippen LogP contribution in [0.3, 0.4) is 0 Å². The summed E-state index contributed by atoms with van der Waals surface area (Å²) < 4.78 is 1.52. The lowest BCUT2D eigenvalue weighted by atomic mass is 9.83. The maximum atomic E-state index is 13.2. The molecule has 1 saturated heterocycles. The van der Waals surface area contributed by atoms with Gasteiger partial charge in [0.15, 0.2) is 5.65 Å². The molecule has 1 atom stereocenters. The van der Waals surface area contributed by atoms with Gasteiger partial charge in [-0.05, 0) is 25.7 Å². The molecule has 2 aromatic heterocycles. The molecule has 1 saturated carbocycles. The summed E-state index contributed by atoms with van der Waals surface area (Å²) >= 11 is 0. The summed E-state index contributed by atoms with van der Waals surface area (Å²) in [6, 6.07) is 1.97. The Balaban J connectivity index is 1.40. The molecule has 0 spiro atoms. The van der Waals surface area contributed by atoms with Crippen LogP contribution < -0.4 is 5.56 Å². The standard InChI is InChI=1S/C23H31N5O3/c1-14(2)21(29)27-10-8-18-17(13-27)23(31)28-20(24-18)11-19(25-28)16-7-4-9-26(12-16)22(30)15-5-3-6-15/h11,14-16,25H,3-10,12-13H2,1-2H3/t16-/m1/s1. The maximum absolute atomic E-state index is 13.2. The molecule has 2 amide bonds. The van der Waals surface area contributed by atoms with E-state index in [2.05, 4.69) is 5.10 Å².